The number of carbonyl (C=O) groups excluding carboxylic acids is 1. The van der Waals surface area contributed by atoms with E-state index in [-0.39, 0.29) is 12.2 Å². The molecule has 0 aliphatic heterocycles. The van der Waals surface area contributed by atoms with Crippen molar-refractivity contribution in [3.05, 3.63) is 0 Å². The van der Waals surface area contributed by atoms with E-state index in [0.29, 0.717) is 5.33 Å². The fourth-order valence-electron chi connectivity index (χ4n) is 0.386. The molecule has 0 saturated carbocycles. The van der Waals surface area contributed by atoms with Crippen LogP contribution in [0, 0.1) is 0 Å². The summed E-state index contributed by atoms with van der Waals surface area (Å²) in [6.45, 7) is 1.46. The number of halogens is 1. The van der Waals surface area contributed by atoms with Crippen LogP contribution in [-0.2, 0) is 4.79 Å². The quantitative estimate of drug-likeness (QED) is 0.651. The number of Topliss-reactive ketones (excluding diaryl/α,β-unsaturated/α-hetero) is 1. The zero-order valence-corrected chi connectivity index (χ0v) is 6.31. The minimum atomic E-state index is -0.507. The Balaban J connectivity index is 3.24. The van der Waals surface area contributed by atoms with Crippen molar-refractivity contribution < 1.29 is 9.90 Å². The monoisotopic (exact) mass is 180 g/mol. The van der Waals surface area contributed by atoms with E-state index in [1.165, 1.54) is 6.92 Å². The van der Waals surface area contributed by atoms with Crippen LogP contribution in [0.5, 0.6) is 0 Å². The molecule has 0 aliphatic rings. The maximum Gasteiger partial charge on any atom is 0.132 e. The zero-order chi connectivity index (χ0) is 6.57. The number of carbonyl (C=O) groups is 1. The first kappa shape index (κ1) is 8.11. The fourth-order valence-corrected chi connectivity index (χ4v) is 0.615. The molecule has 3 heteroatoms. The summed E-state index contributed by atoms with van der Waals surface area (Å²) in [4.78, 5) is 10.2. The molecule has 1 unspecified atom stereocenters. The van der Waals surface area contributed by atoms with E-state index in [2.05, 4.69) is 15.9 Å². The number of aliphatic hydroxyl groups is 1. The van der Waals surface area contributed by atoms with Crippen LogP contribution < -0.4 is 0 Å². The minimum Gasteiger partial charge on any atom is -0.392 e. The van der Waals surface area contributed by atoms with Crippen LogP contribution in [0.3, 0.4) is 0 Å². The van der Waals surface area contributed by atoms with Crippen molar-refractivity contribution >= 4 is 21.7 Å². The van der Waals surface area contributed by atoms with Crippen molar-refractivity contribution in [2.75, 3.05) is 5.33 Å². The second kappa shape index (κ2) is 4.04. The molecule has 0 bridgehead atoms. The van der Waals surface area contributed by atoms with Crippen LogP contribution in [-0.4, -0.2) is 22.3 Å². The van der Waals surface area contributed by atoms with Crippen LogP contribution in [0.15, 0.2) is 0 Å². The molecule has 0 amide bonds. The maximum atomic E-state index is 10.2. The standard InChI is InChI=1S/C5H9BrO2/c1-4(7)2-5(8)3-6/h5,8H,2-3H2,1H3. The predicted octanol–water partition coefficient (Wildman–Crippen LogP) is 0.721. The Hall–Kier alpha value is 0.110. The van der Waals surface area contributed by atoms with E-state index in [1.54, 1.807) is 0 Å². The van der Waals surface area contributed by atoms with E-state index < -0.39 is 6.10 Å². The number of alkyl halides is 1. The molecule has 2 nitrogen and oxygen atoms in total. The number of rotatable bonds is 3. The zero-order valence-electron chi connectivity index (χ0n) is 4.72. The van der Waals surface area contributed by atoms with E-state index >= 15 is 0 Å². The Morgan fingerprint density at radius 3 is 2.50 bits per heavy atom. The molecule has 0 spiro atoms. The molecule has 0 aliphatic carbocycles. The SMILES string of the molecule is CC(=O)CC(O)CBr. The van der Waals surface area contributed by atoms with E-state index in [4.69, 9.17) is 5.11 Å². The molecule has 0 rings (SSSR count). The van der Waals surface area contributed by atoms with Crippen molar-refractivity contribution in [2.45, 2.75) is 19.4 Å². The van der Waals surface area contributed by atoms with E-state index in [9.17, 15) is 4.79 Å². The van der Waals surface area contributed by atoms with Gasteiger partial charge in [-0.1, -0.05) is 15.9 Å². The van der Waals surface area contributed by atoms with Gasteiger partial charge in [0.1, 0.15) is 5.78 Å². The van der Waals surface area contributed by atoms with Gasteiger partial charge in [-0.2, -0.15) is 0 Å². The summed E-state index contributed by atoms with van der Waals surface area (Å²) in [6.07, 6.45) is -0.252. The van der Waals surface area contributed by atoms with Crippen LogP contribution in [0.2, 0.25) is 0 Å². The number of aliphatic hydroxyl groups excluding tert-OH is 1. The molecule has 0 fully saturated rings. The van der Waals surface area contributed by atoms with Gasteiger partial charge in [0, 0.05) is 11.8 Å². The summed E-state index contributed by atoms with van der Waals surface area (Å²) in [7, 11) is 0. The van der Waals surface area contributed by atoms with Gasteiger partial charge < -0.3 is 5.11 Å². The Labute approximate surface area is 57.0 Å². The van der Waals surface area contributed by atoms with Crippen LogP contribution in [0.25, 0.3) is 0 Å². The molecule has 0 saturated heterocycles. The molecule has 0 heterocycles. The first-order valence-electron chi connectivity index (χ1n) is 2.40. The maximum absolute atomic E-state index is 10.2. The number of ketones is 1. The Morgan fingerprint density at radius 2 is 2.38 bits per heavy atom. The summed E-state index contributed by atoms with van der Waals surface area (Å²) < 4.78 is 0. The highest BCUT2D eigenvalue weighted by Gasteiger charge is 2.02. The lowest BCUT2D eigenvalue weighted by Crippen LogP contribution is -2.11. The van der Waals surface area contributed by atoms with E-state index in [1.807, 2.05) is 0 Å². The molecule has 8 heavy (non-hydrogen) atoms. The van der Waals surface area contributed by atoms with Crippen molar-refractivity contribution in [3.63, 3.8) is 0 Å². The largest absolute Gasteiger partial charge is 0.392 e. The highest BCUT2D eigenvalue weighted by molar-refractivity contribution is 9.09. The normalized spacial score (nSPS) is 13.4. The van der Waals surface area contributed by atoms with Crippen LogP contribution >= 0.6 is 15.9 Å². The van der Waals surface area contributed by atoms with Gasteiger partial charge in [0.2, 0.25) is 0 Å². The second-order valence-electron chi connectivity index (χ2n) is 1.71. The average molecular weight is 181 g/mol. The molecule has 0 aromatic rings. The fraction of sp³-hybridized carbons (Fsp3) is 0.800. The lowest BCUT2D eigenvalue weighted by molar-refractivity contribution is -0.118. The van der Waals surface area contributed by atoms with Crippen molar-refractivity contribution in [1.29, 1.82) is 0 Å². The Kier molecular flexibility index (Phi) is 4.09. The first-order chi connectivity index (χ1) is 3.66. The number of hydrogen-bond donors (Lipinski definition) is 1. The molecular weight excluding hydrogens is 172 g/mol. The third-order valence-corrected chi connectivity index (χ3v) is 1.45. The molecule has 0 aromatic heterocycles. The van der Waals surface area contributed by atoms with Crippen LogP contribution in [0.1, 0.15) is 13.3 Å². The molecule has 0 radical (unpaired) electrons. The Bertz CT molecular complexity index is 82.5. The van der Waals surface area contributed by atoms with Gasteiger partial charge in [0.15, 0.2) is 0 Å². The summed E-state index contributed by atoms with van der Waals surface area (Å²) in [5.41, 5.74) is 0. The minimum absolute atomic E-state index is 0.0250. The van der Waals surface area contributed by atoms with Crippen LogP contribution in [0.4, 0.5) is 0 Å². The molecule has 48 valence electrons. The molecular formula is C5H9BrO2. The van der Waals surface area contributed by atoms with Gasteiger partial charge in [-0.25, -0.2) is 0 Å². The lowest BCUT2D eigenvalue weighted by atomic mass is 10.2. The average Bonchev–Trinajstić information content (AvgIpc) is 1.65. The summed E-state index contributed by atoms with van der Waals surface area (Å²) in [6, 6.07) is 0. The van der Waals surface area contributed by atoms with Gasteiger partial charge in [0.25, 0.3) is 0 Å². The topological polar surface area (TPSA) is 37.3 Å². The smallest absolute Gasteiger partial charge is 0.132 e. The third kappa shape index (κ3) is 4.27. The lowest BCUT2D eigenvalue weighted by Gasteiger charge is -2.00. The Morgan fingerprint density at radius 1 is 1.88 bits per heavy atom. The van der Waals surface area contributed by atoms with Gasteiger partial charge in [-0.15, -0.1) is 0 Å². The van der Waals surface area contributed by atoms with Crippen molar-refractivity contribution in [3.8, 4) is 0 Å². The predicted molar refractivity (Wildman–Crippen MR) is 35.1 cm³/mol. The third-order valence-electron chi connectivity index (χ3n) is 0.701. The van der Waals surface area contributed by atoms with Gasteiger partial charge in [-0.3, -0.25) is 4.79 Å². The molecule has 0 aromatic carbocycles. The molecule has 1 atom stereocenters. The highest BCUT2D eigenvalue weighted by atomic mass is 79.9. The van der Waals surface area contributed by atoms with Crippen molar-refractivity contribution in [2.24, 2.45) is 0 Å². The van der Waals surface area contributed by atoms with Gasteiger partial charge in [-0.05, 0) is 6.92 Å². The summed E-state index contributed by atoms with van der Waals surface area (Å²) >= 11 is 3.04. The summed E-state index contributed by atoms with van der Waals surface area (Å²) in [5, 5.41) is 9.24. The van der Waals surface area contributed by atoms with E-state index in [0.717, 1.165) is 0 Å². The second-order valence-corrected chi connectivity index (χ2v) is 2.36. The van der Waals surface area contributed by atoms with Gasteiger partial charge >= 0.3 is 0 Å². The first-order valence-corrected chi connectivity index (χ1v) is 3.52. The number of hydrogen-bond acceptors (Lipinski definition) is 2. The van der Waals surface area contributed by atoms with Gasteiger partial charge in [0.05, 0.1) is 6.10 Å². The summed E-state index contributed by atoms with van der Waals surface area (Å²) in [5.74, 6) is 0.0250. The highest BCUT2D eigenvalue weighted by Crippen LogP contribution is 1.95. The molecule has 1 N–H and O–H groups in total. The van der Waals surface area contributed by atoms with Crippen molar-refractivity contribution in [1.82, 2.24) is 0 Å².